The average Bonchev–Trinajstić information content (AvgIpc) is 4.29. The Labute approximate surface area is 555 Å². The lowest BCUT2D eigenvalue weighted by Crippen LogP contribution is -2.29. The number of hydrogen-bond acceptors (Lipinski definition) is 22. The van der Waals surface area contributed by atoms with E-state index >= 15 is 0 Å². The summed E-state index contributed by atoms with van der Waals surface area (Å²) in [5.41, 5.74) is 14.9. The molecule has 91 heavy (non-hydrogen) atoms. The van der Waals surface area contributed by atoms with Crippen molar-refractivity contribution >= 4 is 93.8 Å². The van der Waals surface area contributed by atoms with Gasteiger partial charge in [-0.05, 0) is 83.4 Å². The minimum Gasteiger partial charge on any atom is -0.481 e. The molecule has 13 aliphatic rings. The van der Waals surface area contributed by atoms with Crippen LogP contribution in [0.25, 0.3) is 22.1 Å². The summed E-state index contributed by atoms with van der Waals surface area (Å²) in [6.45, 7) is 2.71. The summed E-state index contributed by atoms with van der Waals surface area (Å²) >= 11 is 9.75. The van der Waals surface area contributed by atoms with Crippen molar-refractivity contribution in [1.29, 1.82) is 0 Å². The van der Waals surface area contributed by atoms with Crippen LogP contribution in [0.4, 0.5) is 0 Å². The molecule has 5 N–H and O–H groups in total. The smallest absolute Gasteiger partial charge is 0.141 e. The van der Waals surface area contributed by atoms with E-state index in [1.807, 2.05) is 127 Å². The van der Waals surface area contributed by atoms with E-state index in [2.05, 4.69) is 168 Å². The molecule has 0 spiro atoms. The molecule has 20 rings (SSSR count). The van der Waals surface area contributed by atoms with E-state index < -0.39 is 0 Å². The van der Waals surface area contributed by atoms with Gasteiger partial charge in [0.25, 0.3) is 0 Å². The van der Waals surface area contributed by atoms with Crippen LogP contribution in [0.2, 0.25) is 0 Å². The van der Waals surface area contributed by atoms with Gasteiger partial charge < -0.3 is 31.4 Å². The molecule has 2 aromatic heterocycles. The number of allylic oxidation sites excluding steroid dienone is 10. The van der Waals surface area contributed by atoms with E-state index in [1.165, 1.54) is 45.0 Å². The lowest BCUT2D eigenvalue weighted by atomic mass is 9.98. The first-order chi connectivity index (χ1) is 45.1. The van der Waals surface area contributed by atoms with Crippen molar-refractivity contribution in [1.82, 2.24) is 46.8 Å². The highest BCUT2D eigenvalue weighted by atomic mass is 32.2. The second-order valence-electron chi connectivity index (χ2n) is 20.9. The molecule has 10 atom stereocenters. The van der Waals surface area contributed by atoms with Crippen LogP contribution in [-0.4, -0.2) is 107 Å². The Bertz CT molecular complexity index is 3330. The number of nitrogens with one attached hydrogen (secondary N) is 4. The Morgan fingerprint density at radius 3 is 1.97 bits per heavy atom. The molecule has 18 nitrogen and oxygen atoms in total. The van der Waals surface area contributed by atoms with Crippen LogP contribution >= 0.6 is 71.7 Å². The van der Waals surface area contributed by atoms with E-state index in [4.69, 9.17) is 31.4 Å². The Morgan fingerprint density at radius 2 is 1.22 bits per heavy atom. The van der Waals surface area contributed by atoms with E-state index in [9.17, 15) is 0 Å². The second-order valence-corrected chi connectivity index (χ2v) is 26.2. The number of thioether (sulfide) groups is 2. The number of hydrazine groups is 1. The third-order valence-electron chi connectivity index (χ3n) is 14.7. The lowest BCUT2D eigenvalue weighted by Gasteiger charge is -2.11. The third-order valence-corrected chi connectivity index (χ3v) is 20.1. The number of ether oxygens (including phenoxy) is 2. The number of H-pyrrole nitrogens is 1. The molecule has 8 aliphatic heterocycles. The van der Waals surface area contributed by atoms with Crippen LogP contribution < -0.4 is 25.2 Å². The summed E-state index contributed by atoms with van der Waals surface area (Å²) in [7, 11) is 0. The SMILES string of the molecule is C1=CC2CNNC2C=C1.C1=CC2COSC2C=C1.C1=CC2CSOC2C=C1.C1=CC2N=NNC2C=C1.C1=CC2OCSC2C=C1.On1nnc2ccccc21.c1ccc2c(c1)COS2.c1ccc2c(c1)CSO2.c1ccc2c(c1)OCS2.c1ccc2n[nH]nc2c1. The van der Waals surface area contributed by atoms with Crippen molar-refractivity contribution < 1.29 is 31.4 Å². The van der Waals surface area contributed by atoms with Crippen molar-refractivity contribution in [2.45, 2.75) is 63.0 Å². The summed E-state index contributed by atoms with van der Waals surface area (Å²) < 4.78 is 31.5. The van der Waals surface area contributed by atoms with Crippen molar-refractivity contribution in [3.05, 3.63) is 254 Å². The zero-order valence-corrected chi connectivity index (χ0v) is 54.2. The van der Waals surface area contributed by atoms with Crippen LogP contribution in [0.3, 0.4) is 0 Å². The fraction of sp³-hybridized carbons (Fsp3) is 0.254. The zero-order chi connectivity index (χ0) is 61.9. The van der Waals surface area contributed by atoms with Gasteiger partial charge in [-0.1, -0.05) is 216 Å². The summed E-state index contributed by atoms with van der Waals surface area (Å²) in [5.74, 6) is 7.76. The molecule has 0 saturated carbocycles. The van der Waals surface area contributed by atoms with Gasteiger partial charge >= 0.3 is 0 Å². The van der Waals surface area contributed by atoms with Crippen LogP contribution in [0.5, 0.6) is 11.5 Å². The first kappa shape index (κ1) is 65.5. The van der Waals surface area contributed by atoms with Gasteiger partial charge in [0.15, 0.2) is 0 Å². The number of fused-ring (bicyclic) bond motifs is 10. The van der Waals surface area contributed by atoms with E-state index in [0.717, 1.165) is 70.5 Å². The fourth-order valence-corrected chi connectivity index (χ4v) is 14.6. The average molecular weight is 1330 g/mol. The van der Waals surface area contributed by atoms with Crippen LogP contribution in [0, 0.1) is 17.8 Å². The highest BCUT2D eigenvalue weighted by molar-refractivity contribution is 8.00. The molecule has 10 unspecified atom stereocenters. The first-order valence-electron chi connectivity index (χ1n) is 29.6. The Hall–Kier alpha value is -7.04. The molecule has 5 aliphatic carbocycles. The third kappa shape index (κ3) is 19.7. The van der Waals surface area contributed by atoms with Crippen molar-refractivity contribution in [2.24, 2.45) is 28.1 Å². The topological polar surface area (TPSA) is 209 Å². The molecule has 0 radical (unpaired) electrons. The molecule has 10 heterocycles. The van der Waals surface area contributed by atoms with Gasteiger partial charge in [0.05, 0.1) is 70.6 Å². The predicted molar refractivity (Wildman–Crippen MR) is 370 cm³/mol. The van der Waals surface area contributed by atoms with Crippen molar-refractivity contribution in [2.75, 3.05) is 30.8 Å². The van der Waals surface area contributed by atoms with E-state index in [-0.39, 0.29) is 6.04 Å². The number of aromatic nitrogens is 6. The van der Waals surface area contributed by atoms with Gasteiger partial charge in [0.2, 0.25) is 0 Å². The Kier molecular flexibility index (Phi) is 25.7. The minimum atomic E-state index is 0.245. The van der Waals surface area contributed by atoms with E-state index in [1.54, 1.807) is 48.0 Å². The first-order valence-corrected chi connectivity index (χ1v) is 35.0. The monoisotopic (exact) mass is 1330 g/mol. The maximum Gasteiger partial charge on any atom is 0.141 e. The molecule has 4 fully saturated rings. The molecule has 4 saturated heterocycles. The van der Waals surface area contributed by atoms with Crippen LogP contribution in [-0.2, 0) is 29.6 Å². The second kappa shape index (κ2) is 35.7. The zero-order valence-electron chi connectivity index (χ0n) is 49.3. The molecule has 24 heteroatoms. The Morgan fingerprint density at radius 1 is 0.560 bits per heavy atom. The quantitative estimate of drug-likeness (QED) is 0.0706. The molecular weight excluding hydrogens is 1260 g/mol. The van der Waals surface area contributed by atoms with Crippen molar-refractivity contribution in [3.8, 4) is 11.5 Å². The Balaban J connectivity index is 0.000000104. The number of para-hydroxylation sites is 5. The number of nitrogens with zero attached hydrogens (tertiary/aromatic N) is 7. The number of rotatable bonds is 0. The maximum atomic E-state index is 8.95. The molecule has 470 valence electrons. The standard InChI is InChI=1S/C7H10N2.C7H8OS.C7H6OS.C7H8OS.C7H6OS.C7H8OS.C7H6OS.C6H5N3O.C6H7N3.C6H5N3/c1-2-4-7-6(3-1)5-8-9-7;2*1-2-4-7-6(3-1)8-5-9-7;2*1-2-4-7-6(3-1)5-9-8-7;2*1-2-4-7-6(3-1)5-8-9-7;10-9-6-4-2-1-3-5(6)7-8-9;2*1-2-4-6-5(3-1)7-9-8-6/h1-4,6-9H,5H2;1-4,6-7H,5H2;1-4H,5H2;1-4,6-7H,5H2;1-4H,5H2;1-4,6-7H,5H2;1-4H,5H2;1-4,10H;1-6H,(H,7,8);1-4H,(H,7,8,9). The van der Waals surface area contributed by atoms with Crippen molar-refractivity contribution in [3.63, 3.8) is 0 Å². The largest absolute Gasteiger partial charge is 0.481 e. The van der Waals surface area contributed by atoms with Crippen LogP contribution in [0.1, 0.15) is 11.1 Å². The number of aromatic amines is 1. The predicted octanol–water partition coefficient (Wildman–Crippen LogP) is 14.4. The van der Waals surface area contributed by atoms with Gasteiger partial charge in [-0.2, -0.15) is 20.5 Å². The maximum absolute atomic E-state index is 8.95. The summed E-state index contributed by atoms with van der Waals surface area (Å²) in [6.07, 6.45) is 42.9. The summed E-state index contributed by atoms with van der Waals surface area (Å²) in [4.78, 5) is 3.28. The van der Waals surface area contributed by atoms with Gasteiger partial charge in [0, 0.05) is 58.6 Å². The van der Waals surface area contributed by atoms with Gasteiger partial charge in [0.1, 0.15) is 45.5 Å². The van der Waals surface area contributed by atoms with Gasteiger partial charge in [-0.3, -0.25) is 16.3 Å². The molecule has 7 aromatic rings. The van der Waals surface area contributed by atoms with E-state index in [0.29, 0.717) is 63.6 Å². The van der Waals surface area contributed by atoms with Crippen LogP contribution in [0.15, 0.2) is 263 Å². The molecule has 0 bridgehead atoms. The molecule has 0 amide bonds. The lowest BCUT2D eigenvalue weighted by molar-refractivity contribution is 0.150. The highest BCUT2D eigenvalue weighted by Crippen LogP contribution is 2.37. The van der Waals surface area contributed by atoms with Gasteiger partial charge in [-0.15, -0.1) is 16.9 Å². The highest BCUT2D eigenvalue weighted by Gasteiger charge is 2.28. The molecule has 5 aromatic carbocycles. The normalized spacial score (nSPS) is 25.7. The fourth-order valence-electron chi connectivity index (χ4n) is 9.73. The number of hydrogen-bond donors (Lipinski definition) is 5. The molecular formula is C67H69N11O7S6. The van der Waals surface area contributed by atoms with Gasteiger partial charge in [-0.25, -0.2) is 0 Å². The summed E-state index contributed by atoms with van der Waals surface area (Å²) in [5, 5.41) is 35.2. The number of benzene rings is 5. The minimum absolute atomic E-state index is 0.245. The summed E-state index contributed by atoms with van der Waals surface area (Å²) in [6, 6.07) is 40.4.